The van der Waals surface area contributed by atoms with E-state index in [4.69, 9.17) is 4.74 Å². The van der Waals surface area contributed by atoms with Crippen LogP contribution in [0, 0.1) is 0 Å². The van der Waals surface area contributed by atoms with Gasteiger partial charge in [-0.25, -0.2) is 4.79 Å². The average Bonchev–Trinajstić information content (AvgIpc) is 3.03. The van der Waals surface area contributed by atoms with Crippen LogP contribution >= 0.6 is 0 Å². The normalized spacial score (nSPS) is 16.0. The van der Waals surface area contributed by atoms with E-state index in [2.05, 4.69) is 10.6 Å². The standard InChI is InChI=1S/C21H23N3O4/c1-3-28-19-10-8-18(9-11-19)24-13-17(12-20(24)26)23-21(27)22-16-6-4-15(5-7-16)14(2)25/h4-11,17H,3,12-13H2,1-2H3,(H2,22,23,27)/t17-/m1/s1. The molecule has 1 fully saturated rings. The maximum absolute atomic E-state index is 12.3. The van der Waals surface area contributed by atoms with Crippen molar-refractivity contribution in [2.75, 3.05) is 23.4 Å². The minimum Gasteiger partial charge on any atom is -0.494 e. The fourth-order valence-corrected chi connectivity index (χ4v) is 3.08. The molecule has 2 aromatic rings. The van der Waals surface area contributed by atoms with Crippen LogP contribution in [0.25, 0.3) is 0 Å². The van der Waals surface area contributed by atoms with E-state index in [0.29, 0.717) is 24.4 Å². The van der Waals surface area contributed by atoms with E-state index < -0.39 is 0 Å². The second-order valence-corrected chi connectivity index (χ2v) is 6.56. The Balaban J connectivity index is 1.56. The van der Waals surface area contributed by atoms with E-state index in [1.807, 2.05) is 31.2 Å². The van der Waals surface area contributed by atoms with Crippen molar-refractivity contribution >= 4 is 29.1 Å². The number of hydrogen-bond donors (Lipinski definition) is 2. The first-order valence-corrected chi connectivity index (χ1v) is 9.18. The molecule has 7 heteroatoms. The summed E-state index contributed by atoms with van der Waals surface area (Å²) < 4.78 is 5.41. The van der Waals surface area contributed by atoms with Gasteiger partial charge in [-0.15, -0.1) is 0 Å². The molecule has 1 aliphatic heterocycles. The van der Waals surface area contributed by atoms with Gasteiger partial charge in [0.25, 0.3) is 0 Å². The van der Waals surface area contributed by atoms with Gasteiger partial charge in [-0.1, -0.05) is 0 Å². The first-order chi connectivity index (χ1) is 13.5. The van der Waals surface area contributed by atoms with Crippen molar-refractivity contribution < 1.29 is 19.1 Å². The second kappa shape index (κ2) is 8.56. The highest BCUT2D eigenvalue weighted by molar-refractivity contribution is 5.98. The third-order valence-electron chi connectivity index (χ3n) is 4.47. The van der Waals surface area contributed by atoms with Crippen molar-refractivity contribution in [3.05, 3.63) is 54.1 Å². The lowest BCUT2D eigenvalue weighted by Gasteiger charge is -2.18. The van der Waals surface area contributed by atoms with Crippen molar-refractivity contribution in [3.63, 3.8) is 0 Å². The van der Waals surface area contributed by atoms with Gasteiger partial charge in [-0.2, -0.15) is 0 Å². The number of carbonyl (C=O) groups excluding carboxylic acids is 3. The molecule has 146 valence electrons. The highest BCUT2D eigenvalue weighted by Gasteiger charge is 2.31. The molecule has 0 unspecified atom stereocenters. The lowest BCUT2D eigenvalue weighted by Crippen LogP contribution is -2.39. The zero-order valence-corrected chi connectivity index (χ0v) is 15.9. The minimum absolute atomic E-state index is 0.0325. The van der Waals surface area contributed by atoms with Gasteiger partial charge in [0.05, 0.1) is 12.6 Å². The van der Waals surface area contributed by atoms with Crippen LogP contribution in [0.15, 0.2) is 48.5 Å². The molecule has 0 saturated carbocycles. The summed E-state index contributed by atoms with van der Waals surface area (Å²) in [5.74, 6) is 0.679. The second-order valence-electron chi connectivity index (χ2n) is 6.56. The summed E-state index contributed by atoms with van der Waals surface area (Å²) in [5, 5.41) is 5.54. The van der Waals surface area contributed by atoms with Gasteiger partial charge >= 0.3 is 6.03 Å². The first kappa shape index (κ1) is 19.4. The molecule has 1 atom stereocenters. The third kappa shape index (κ3) is 4.68. The number of benzene rings is 2. The van der Waals surface area contributed by atoms with Crippen LogP contribution in [0.2, 0.25) is 0 Å². The molecule has 0 aliphatic carbocycles. The van der Waals surface area contributed by atoms with E-state index in [1.165, 1.54) is 6.92 Å². The van der Waals surface area contributed by atoms with Crippen LogP contribution in [0.1, 0.15) is 30.6 Å². The number of nitrogens with one attached hydrogen (secondary N) is 2. The summed E-state index contributed by atoms with van der Waals surface area (Å²) in [6.07, 6.45) is 0.240. The number of hydrogen-bond acceptors (Lipinski definition) is 4. The molecular formula is C21H23N3O4. The van der Waals surface area contributed by atoms with E-state index in [-0.39, 0.29) is 30.2 Å². The number of ether oxygens (including phenoxy) is 1. The molecule has 2 N–H and O–H groups in total. The van der Waals surface area contributed by atoms with Gasteiger partial charge in [0.2, 0.25) is 5.91 Å². The molecule has 0 spiro atoms. The van der Waals surface area contributed by atoms with Crippen LogP contribution < -0.4 is 20.3 Å². The molecule has 28 heavy (non-hydrogen) atoms. The third-order valence-corrected chi connectivity index (χ3v) is 4.47. The van der Waals surface area contributed by atoms with E-state index >= 15 is 0 Å². The largest absolute Gasteiger partial charge is 0.494 e. The van der Waals surface area contributed by atoms with E-state index in [9.17, 15) is 14.4 Å². The van der Waals surface area contributed by atoms with E-state index in [0.717, 1.165) is 11.4 Å². The fraction of sp³-hybridized carbons (Fsp3) is 0.286. The molecule has 7 nitrogen and oxygen atoms in total. The maximum atomic E-state index is 12.3. The monoisotopic (exact) mass is 381 g/mol. The van der Waals surface area contributed by atoms with Gasteiger partial charge < -0.3 is 20.3 Å². The van der Waals surface area contributed by atoms with Crippen LogP contribution in [-0.2, 0) is 4.79 Å². The highest BCUT2D eigenvalue weighted by Crippen LogP contribution is 2.24. The predicted octanol–water partition coefficient (Wildman–Crippen LogP) is 3.21. The number of ketones is 1. The molecule has 0 radical (unpaired) electrons. The Morgan fingerprint density at radius 1 is 1.11 bits per heavy atom. The van der Waals surface area contributed by atoms with Crippen molar-refractivity contribution in [1.82, 2.24) is 5.32 Å². The van der Waals surface area contributed by atoms with Crippen molar-refractivity contribution in [2.45, 2.75) is 26.3 Å². The average molecular weight is 381 g/mol. The van der Waals surface area contributed by atoms with Crippen molar-refractivity contribution in [1.29, 1.82) is 0 Å². The Labute approximate surface area is 163 Å². The Morgan fingerprint density at radius 3 is 2.39 bits per heavy atom. The smallest absolute Gasteiger partial charge is 0.319 e. The Kier molecular flexibility index (Phi) is 5.93. The van der Waals surface area contributed by atoms with Crippen LogP contribution in [0.3, 0.4) is 0 Å². The Hall–Kier alpha value is -3.35. The molecule has 1 aliphatic rings. The number of carbonyl (C=O) groups is 3. The van der Waals surface area contributed by atoms with Gasteiger partial charge in [-0.05, 0) is 62.4 Å². The van der Waals surface area contributed by atoms with Crippen molar-refractivity contribution in [3.8, 4) is 5.75 Å². The SMILES string of the molecule is CCOc1ccc(N2C[C@H](NC(=O)Nc3ccc(C(C)=O)cc3)CC2=O)cc1. The number of Topliss-reactive ketones (excluding diaryl/α,β-unsaturated/α-hetero) is 1. The summed E-state index contributed by atoms with van der Waals surface area (Å²) >= 11 is 0. The summed E-state index contributed by atoms with van der Waals surface area (Å²) in [7, 11) is 0. The molecule has 0 bridgehead atoms. The first-order valence-electron chi connectivity index (χ1n) is 9.18. The lowest BCUT2D eigenvalue weighted by molar-refractivity contribution is -0.117. The van der Waals surface area contributed by atoms with Gasteiger partial charge in [0.15, 0.2) is 5.78 Å². The summed E-state index contributed by atoms with van der Waals surface area (Å²) in [6, 6.07) is 13.3. The predicted molar refractivity (Wildman–Crippen MR) is 107 cm³/mol. The number of nitrogens with zero attached hydrogens (tertiary/aromatic N) is 1. The number of urea groups is 1. The van der Waals surface area contributed by atoms with Gasteiger partial charge in [-0.3, -0.25) is 9.59 Å². The topological polar surface area (TPSA) is 87.7 Å². The Morgan fingerprint density at radius 2 is 1.79 bits per heavy atom. The van der Waals surface area contributed by atoms with Gasteiger partial charge in [0, 0.05) is 29.9 Å². The summed E-state index contributed by atoms with van der Waals surface area (Å²) in [4.78, 5) is 37.5. The lowest BCUT2D eigenvalue weighted by atomic mass is 10.1. The molecule has 2 aromatic carbocycles. The molecule has 0 aromatic heterocycles. The maximum Gasteiger partial charge on any atom is 0.319 e. The zero-order valence-electron chi connectivity index (χ0n) is 15.9. The molecule has 1 saturated heterocycles. The van der Waals surface area contributed by atoms with Crippen LogP contribution in [0.4, 0.5) is 16.2 Å². The summed E-state index contributed by atoms with van der Waals surface area (Å²) in [6.45, 7) is 4.39. The molecular weight excluding hydrogens is 358 g/mol. The number of rotatable bonds is 6. The molecule has 3 rings (SSSR count). The molecule has 3 amide bonds. The van der Waals surface area contributed by atoms with Crippen LogP contribution in [-0.4, -0.2) is 36.9 Å². The van der Waals surface area contributed by atoms with Crippen LogP contribution in [0.5, 0.6) is 5.75 Å². The highest BCUT2D eigenvalue weighted by atomic mass is 16.5. The zero-order chi connectivity index (χ0) is 20.1. The quantitative estimate of drug-likeness (QED) is 0.752. The number of amides is 3. The number of anilines is 2. The summed E-state index contributed by atoms with van der Waals surface area (Å²) in [5.41, 5.74) is 1.94. The fourth-order valence-electron chi connectivity index (χ4n) is 3.08. The molecule has 1 heterocycles. The van der Waals surface area contributed by atoms with Crippen molar-refractivity contribution in [2.24, 2.45) is 0 Å². The Bertz CT molecular complexity index is 862. The van der Waals surface area contributed by atoms with Gasteiger partial charge in [0.1, 0.15) is 5.75 Å². The van der Waals surface area contributed by atoms with E-state index in [1.54, 1.807) is 29.2 Å². The minimum atomic E-state index is -0.387.